The van der Waals surface area contributed by atoms with Crippen molar-refractivity contribution in [1.82, 2.24) is 9.97 Å². The summed E-state index contributed by atoms with van der Waals surface area (Å²) >= 11 is 0. The fourth-order valence-corrected chi connectivity index (χ4v) is 2.10. The zero-order valence-corrected chi connectivity index (χ0v) is 11.0. The number of hydrogen-bond acceptors (Lipinski definition) is 3. The van der Waals surface area contributed by atoms with Gasteiger partial charge in [0.15, 0.2) is 0 Å². The molecule has 0 saturated heterocycles. The SMILES string of the molecule is CCCN(Cc1cncnc1)c1ccccc1C. The molecule has 1 aromatic carbocycles. The average molecular weight is 241 g/mol. The number of hydrogen-bond donors (Lipinski definition) is 0. The Bertz CT molecular complexity index is 482. The van der Waals surface area contributed by atoms with Crippen molar-refractivity contribution >= 4 is 5.69 Å². The van der Waals surface area contributed by atoms with Gasteiger partial charge in [0.2, 0.25) is 0 Å². The van der Waals surface area contributed by atoms with Crippen molar-refractivity contribution in [2.45, 2.75) is 26.8 Å². The van der Waals surface area contributed by atoms with Crippen LogP contribution in [0.2, 0.25) is 0 Å². The lowest BCUT2D eigenvalue weighted by molar-refractivity contribution is 0.760. The first-order valence-electron chi connectivity index (χ1n) is 6.35. The zero-order valence-electron chi connectivity index (χ0n) is 11.0. The van der Waals surface area contributed by atoms with Gasteiger partial charge in [-0.1, -0.05) is 25.1 Å². The summed E-state index contributed by atoms with van der Waals surface area (Å²) in [6.07, 6.45) is 6.46. The van der Waals surface area contributed by atoms with Gasteiger partial charge in [0, 0.05) is 36.7 Å². The minimum atomic E-state index is 0.861. The summed E-state index contributed by atoms with van der Waals surface area (Å²) in [7, 11) is 0. The van der Waals surface area contributed by atoms with E-state index in [0.29, 0.717) is 0 Å². The topological polar surface area (TPSA) is 29.0 Å². The second kappa shape index (κ2) is 6.15. The van der Waals surface area contributed by atoms with E-state index in [1.807, 2.05) is 12.4 Å². The highest BCUT2D eigenvalue weighted by molar-refractivity contribution is 5.53. The van der Waals surface area contributed by atoms with E-state index in [9.17, 15) is 0 Å². The van der Waals surface area contributed by atoms with Crippen molar-refractivity contribution in [3.05, 3.63) is 54.1 Å². The summed E-state index contributed by atoms with van der Waals surface area (Å²) in [5.74, 6) is 0. The van der Waals surface area contributed by atoms with Gasteiger partial charge < -0.3 is 4.90 Å². The molecule has 0 bridgehead atoms. The maximum absolute atomic E-state index is 4.08. The van der Waals surface area contributed by atoms with Gasteiger partial charge in [-0.15, -0.1) is 0 Å². The summed E-state index contributed by atoms with van der Waals surface area (Å²) in [6.45, 7) is 6.26. The zero-order chi connectivity index (χ0) is 12.8. The van der Waals surface area contributed by atoms with Crippen LogP contribution >= 0.6 is 0 Å². The van der Waals surface area contributed by atoms with Crippen LogP contribution in [-0.2, 0) is 6.54 Å². The molecule has 3 nitrogen and oxygen atoms in total. The first-order chi connectivity index (χ1) is 8.81. The van der Waals surface area contributed by atoms with Crippen molar-refractivity contribution in [2.24, 2.45) is 0 Å². The summed E-state index contributed by atoms with van der Waals surface area (Å²) in [6, 6.07) is 8.50. The van der Waals surface area contributed by atoms with Crippen molar-refractivity contribution in [1.29, 1.82) is 0 Å². The van der Waals surface area contributed by atoms with Gasteiger partial charge in [-0.05, 0) is 25.0 Å². The van der Waals surface area contributed by atoms with Crippen molar-refractivity contribution in [3.8, 4) is 0 Å². The van der Waals surface area contributed by atoms with E-state index in [2.05, 4.69) is 53.0 Å². The van der Waals surface area contributed by atoms with Crippen LogP contribution in [0.25, 0.3) is 0 Å². The lowest BCUT2D eigenvalue weighted by Gasteiger charge is -2.25. The highest BCUT2D eigenvalue weighted by Gasteiger charge is 2.08. The van der Waals surface area contributed by atoms with Gasteiger partial charge in [-0.3, -0.25) is 0 Å². The van der Waals surface area contributed by atoms with Crippen LogP contribution in [0.3, 0.4) is 0 Å². The van der Waals surface area contributed by atoms with Gasteiger partial charge in [-0.25, -0.2) is 9.97 Å². The molecule has 2 rings (SSSR count). The number of nitrogens with zero attached hydrogens (tertiary/aromatic N) is 3. The molecule has 0 amide bonds. The van der Waals surface area contributed by atoms with E-state index in [1.165, 1.54) is 11.3 Å². The number of benzene rings is 1. The molecule has 0 fully saturated rings. The predicted octanol–water partition coefficient (Wildman–Crippen LogP) is 3.20. The fraction of sp³-hybridized carbons (Fsp3) is 0.333. The largest absolute Gasteiger partial charge is 0.367 e. The van der Waals surface area contributed by atoms with Gasteiger partial charge in [0.25, 0.3) is 0 Å². The molecule has 0 radical (unpaired) electrons. The standard InChI is InChI=1S/C15H19N3/c1-3-8-18(11-14-9-16-12-17-10-14)15-7-5-4-6-13(15)2/h4-7,9-10,12H,3,8,11H2,1-2H3. The normalized spacial score (nSPS) is 10.3. The first kappa shape index (κ1) is 12.6. The van der Waals surface area contributed by atoms with Crippen molar-refractivity contribution in [2.75, 3.05) is 11.4 Å². The quantitative estimate of drug-likeness (QED) is 0.805. The van der Waals surface area contributed by atoms with Crippen LogP contribution < -0.4 is 4.90 Å². The maximum Gasteiger partial charge on any atom is 0.115 e. The van der Waals surface area contributed by atoms with Crippen LogP contribution in [0.4, 0.5) is 5.69 Å². The van der Waals surface area contributed by atoms with Crippen molar-refractivity contribution in [3.63, 3.8) is 0 Å². The molecule has 18 heavy (non-hydrogen) atoms. The molecule has 0 spiro atoms. The molecule has 0 atom stereocenters. The highest BCUT2D eigenvalue weighted by Crippen LogP contribution is 2.21. The molecule has 1 aromatic heterocycles. The van der Waals surface area contributed by atoms with Crippen LogP contribution in [0.15, 0.2) is 43.0 Å². The van der Waals surface area contributed by atoms with E-state index in [-0.39, 0.29) is 0 Å². The Labute approximate surface area is 109 Å². The highest BCUT2D eigenvalue weighted by atomic mass is 15.1. The second-order valence-electron chi connectivity index (χ2n) is 4.45. The summed E-state index contributed by atoms with van der Waals surface area (Å²) in [5, 5.41) is 0. The fourth-order valence-electron chi connectivity index (χ4n) is 2.10. The Balaban J connectivity index is 2.21. The Hall–Kier alpha value is -1.90. The molecule has 94 valence electrons. The Kier molecular flexibility index (Phi) is 4.29. The van der Waals surface area contributed by atoms with Gasteiger partial charge >= 0.3 is 0 Å². The maximum atomic E-state index is 4.08. The molecule has 1 heterocycles. The van der Waals surface area contributed by atoms with Crippen LogP contribution in [0, 0.1) is 6.92 Å². The molecular formula is C15H19N3. The van der Waals surface area contributed by atoms with Gasteiger partial charge in [0.05, 0.1) is 0 Å². The van der Waals surface area contributed by atoms with Crippen LogP contribution in [-0.4, -0.2) is 16.5 Å². The lowest BCUT2D eigenvalue weighted by atomic mass is 10.1. The lowest BCUT2D eigenvalue weighted by Crippen LogP contribution is -2.24. The smallest absolute Gasteiger partial charge is 0.115 e. The number of aromatic nitrogens is 2. The van der Waals surface area contributed by atoms with Crippen LogP contribution in [0.5, 0.6) is 0 Å². The van der Waals surface area contributed by atoms with E-state index in [4.69, 9.17) is 0 Å². The molecule has 0 unspecified atom stereocenters. The van der Waals surface area contributed by atoms with Crippen LogP contribution in [0.1, 0.15) is 24.5 Å². The second-order valence-corrected chi connectivity index (χ2v) is 4.45. The molecule has 0 saturated carbocycles. The molecule has 0 N–H and O–H groups in total. The number of rotatable bonds is 5. The van der Waals surface area contributed by atoms with Gasteiger partial charge in [-0.2, -0.15) is 0 Å². The minimum Gasteiger partial charge on any atom is -0.367 e. The third kappa shape index (κ3) is 3.06. The Morgan fingerprint density at radius 2 is 1.83 bits per heavy atom. The third-order valence-electron chi connectivity index (χ3n) is 2.94. The summed E-state index contributed by atoms with van der Waals surface area (Å²) < 4.78 is 0. The molecule has 0 aliphatic heterocycles. The Morgan fingerprint density at radius 3 is 2.50 bits per heavy atom. The third-order valence-corrected chi connectivity index (χ3v) is 2.94. The Morgan fingerprint density at radius 1 is 1.11 bits per heavy atom. The molecule has 0 aliphatic rings. The number of aryl methyl sites for hydroxylation is 1. The minimum absolute atomic E-state index is 0.861. The van der Waals surface area contributed by atoms with Gasteiger partial charge in [0.1, 0.15) is 6.33 Å². The summed E-state index contributed by atoms with van der Waals surface area (Å²) in [5.41, 5.74) is 3.75. The summed E-state index contributed by atoms with van der Waals surface area (Å²) in [4.78, 5) is 10.5. The molecule has 0 aliphatic carbocycles. The molecular weight excluding hydrogens is 222 g/mol. The number of anilines is 1. The van der Waals surface area contributed by atoms with E-state index in [1.54, 1.807) is 6.33 Å². The first-order valence-corrected chi connectivity index (χ1v) is 6.35. The van der Waals surface area contributed by atoms with E-state index in [0.717, 1.165) is 25.1 Å². The van der Waals surface area contributed by atoms with E-state index >= 15 is 0 Å². The number of para-hydroxylation sites is 1. The monoisotopic (exact) mass is 241 g/mol. The molecule has 2 aromatic rings. The van der Waals surface area contributed by atoms with E-state index < -0.39 is 0 Å². The predicted molar refractivity (Wildman–Crippen MR) is 74.6 cm³/mol. The average Bonchev–Trinajstić information content (AvgIpc) is 2.40. The van der Waals surface area contributed by atoms with Crippen molar-refractivity contribution < 1.29 is 0 Å². The molecule has 3 heteroatoms.